The molecule has 0 saturated heterocycles. The summed E-state index contributed by atoms with van der Waals surface area (Å²) in [7, 11) is -9.51. The third kappa shape index (κ3) is 9.31. The molecule has 134 valence electrons. The van der Waals surface area contributed by atoms with Crippen molar-refractivity contribution in [3.05, 3.63) is 25.3 Å². The van der Waals surface area contributed by atoms with Gasteiger partial charge in [0.15, 0.2) is 0 Å². The Morgan fingerprint density at radius 3 is 1.29 bits per heavy atom. The van der Waals surface area contributed by atoms with Crippen molar-refractivity contribution in [3.63, 3.8) is 0 Å². The molecule has 0 aromatic rings. The van der Waals surface area contributed by atoms with E-state index < -0.39 is 57.2 Å². The van der Waals surface area contributed by atoms with E-state index in [1.807, 2.05) is 0 Å². The molecule has 0 aliphatic carbocycles. The Labute approximate surface area is 137 Å². The van der Waals surface area contributed by atoms with E-state index in [0.717, 1.165) is 0 Å². The lowest BCUT2D eigenvalue weighted by Gasteiger charge is -2.06. The zero-order valence-electron chi connectivity index (χ0n) is 11.9. The zero-order chi connectivity index (χ0) is 19.0. The van der Waals surface area contributed by atoms with Crippen molar-refractivity contribution < 1.29 is 44.4 Å². The minimum absolute atomic E-state index is 0.602. The first kappa shape index (κ1) is 21.3. The van der Waals surface area contributed by atoms with Crippen LogP contribution in [0.25, 0.3) is 0 Å². The molecule has 0 radical (unpaired) electrons. The van der Waals surface area contributed by atoms with Gasteiger partial charge in [0.05, 0.1) is 12.8 Å². The van der Waals surface area contributed by atoms with Gasteiger partial charge in [-0.15, -0.1) is 0 Å². The number of hydrogen-bond acceptors (Lipinski definition) is 10. The van der Waals surface area contributed by atoms with Gasteiger partial charge in [0.25, 0.3) is 11.8 Å². The van der Waals surface area contributed by atoms with Crippen LogP contribution in [0.5, 0.6) is 0 Å². The molecule has 0 heterocycles. The van der Waals surface area contributed by atoms with Gasteiger partial charge in [0.1, 0.15) is 0 Å². The molecule has 0 atom stereocenters. The largest absolute Gasteiger partial charge is 0.412 e. The van der Waals surface area contributed by atoms with E-state index in [-0.39, 0.29) is 0 Å². The summed E-state index contributed by atoms with van der Waals surface area (Å²) < 4.78 is 54.9. The maximum absolute atomic E-state index is 11.2. The summed E-state index contributed by atoms with van der Waals surface area (Å²) >= 11 is 0. The van der Waals surface area contributed by atoms with E-state index in [2.05, 4.69) is 21.5 Å². The molecular weight excluding hydrogens is 372 g/mol. The minimum atomic E-state index is -4.75. The average Bonchev–Trinajstić information content (AvgIpc) is 2.42. The lowest BCUT2D eigenvalue weighted by molar-refractivity contribution is -0.140. The Kier molecular flexibility index (Phi) is 7.78. The lowest BCUT2D eigenvalue weighted by atomic mass is 10.3. The summed E-state index contributed by atoms with van der Waals surface area (Å²) in [6, 6.07) is 0. The predicted molar refractivity (Wildman–Crippen MR) is 75.9 cm³/mol. The zero-order valence-corrected chi connectivity index (χ0v) is 13.5. The molecule has 0 bridgehead atoms. The fourth-order valence-corrected chi connectivity index (χ4v) is 2.30. The van der Waals surface area contributed by atoms with Crippen molar-refractivity contribution in [1.29, 1.82) is 0 Å². The Hall–Kier alpha value is -2.74. The van der Waals surface area contributed by atoms with E-state index >= 15 is 0 Å². The van der Waals surface area contributed by atoms with Gasteiger partial charge in [-0.3, -0.25) is 19.2 Å². The van der Waals surface area contributed by atoms with Crippen molar-refractivity contribution in [2.75, 3.05) is 0 Å². The normalized spacial score (nSPS) is 10.8. The summed E-state index contributed by atoms with van der Waals surface area (Å²) in [5.74, 6) is -5.26. The summed E-state index contributed by atoms with van der Waals surface area (Å²) in [6.07, 6.45) is -0.559. The van der Waals surface area contributed by atoms with Crippen molar-refractivity contribution >= 4 is 44.4 Å². The Morgan fingerprint density at radius 1 is 0.750 bits per heavy atom. The molecule has 0 aromatic carbocycles. The number of amides is 2. The van der Waals surface area contributed by atoms with Gasteiger partial charge in [-0.1, -0.05) is 13.2 Å². The number of carbonyl (C=O) groups is 4. The van der Waals surface area contributed by atoms with Crippen molar-refractivity contribution in [2.45, 2.75) is 12.8 Å². The second-order valence-corrected chi connectivity index (χ2v) is 6.22. The monoisotopic (exact) mass is 384 g/mol. The molecule has 0 fully saturated rings. The van der Waals surface area contributed by atoms with Crippen LogP contribution < -0.4 is 9.44 Å². The maximum Gasteiger partial charge on any atom is 0.412 e. The van der Waals surface area contributed by atoms with Gasteiger partial charge >= 0.3 is 32.5 Å². The quantitative estimate of drug-likeness (QED) is 0.420. The van der Waals surface area contributed by atoms with E-state index in [1.165, 1.54) is 9.44 Å². The Balaban J connectivity index is 4.48. The molecule has 12 nitrogen and oxygen atoms in total. The highest BCUT2D eigenvalue weighted by Gasteiger charge is 2.22. The topological polar surface area (TPSA) is 179 Å². The first-order chi connectivity index (χ1) is 10.9. The molecule has 0 aromatic heterocycles. The standard InChI is InChI=1S/C10H12N2O10S2/c1-3-7(13)11-23(17,18)21-9(15)5-6-10(16)22-24(19,20)12-8(14)4-2/h3-4H,1-2,5-6H2,(H,11,13)(H,12,14). The van der Waals surface area contributed by atoms with Crippen LogP contribution in [0.15, 0.2) is 25.3 Å². The molecule has 0 rings (SSSR count). The molecule has 0 spiro atoms. The number of rotatable bonds is 9. The average molecular weight is 384 g/mol. The summed E-state index contributed by atoms with van der Waals surface area (Å²) in [4.78, 5) is 43.9. The van der Waals surface area contributed by atoms with Crippen molar-refractivity contribution in [1.82, 2.24) is 9.44 Å². The molecule has 24 heavy (non-hydrogen) atoms. The molecule has 0 saturated carbocycles. The fourth-order valence-electron chi connectivity index (χ4n) is 0.904. The van der Waals surface area contributed by atoms with Crippen molar-refractivity contribution in [3.8, 4) is 0 Å². The molecule has 14 heteroatoms. The second kappa shape index (κ2) is 8.78. The highest BCUT2D eigenvalue weighted by molar-refractivity contribution is 7.86. The third-order valence-electron chi connectivity index (χ3n) is 1.76. The molecular formula is C10H12N2O10S2. The minimum Gasteiger partial charge on any atom is -0.330 e. The van der Waals surface area contributed by atoms with Crippen LogP contribution in [0.3, 0.4) is 0 Å². The van der Waals surface area contributed by atoms with E-state index in [4.69, 9.17) is 0 Å². The predicted octanol–water partition coefficient (Wildman–Crippen LogP) is -2.05. The molecule has 0 aliphatic heterocycles. The van der Waals surface area contributed by atoms with Crippen LogP contribution in [0.2, 0.25) is 0 Å². The van der Waals surface area contributed by atoms with E-state index in [1.54, 1.807) is 0 Å². The molecule has 2 amide bonds. The molecule has 0 aliphatic rings. The van der Waals surface area contributed by atoms with E-state index in [0.29, 0.717) is 12.2 Å². The molecule has 0 unspecified atom stereocenters. The summed E-state index contributed by atoms with van der Waals surface area (Å²) in [5, 5.41) is 0. The van der Waals surface area contributed by atoms with Crippen LogP contribution >= 0.6 is 0 Å². The maximum atomic E-state index is 11.2. The smallest absolute Gasteiger partial charge is 0.330 e. The first-order valence-electron chi connectivity index (χ1n) is 5.73. The van der Waals surface area contributed by atoms with Crippen LogP contribution in [-0.4, -0.2) is 40.6 Å². The van der Waals surface area contributed by atoms with Gasteiger partial charge in [0, 0.05) is 0 Å². The third-order valence-corrected chi connectivity index (χ3v) is 3.47. The Morgan fingerprint density at radius 2 is 1.04 bits per heavy atom. The van der Waals surface area contributed by atoms with Crippen LogP contribution in [0, 0.1) is 0 Å². The van der Waals surface area contributed by atoms with E-state index in [9.17, 15) is 36.0 Å². The number of carbonyl (C=O) groups excluding carboxylic acids is 4. The first-order valence-corrected chi connectivity index (χ1v) is 8.55. The van der Waals surface area contributed by atoms with Gasteiger partial charge in [0.2, 0.25) is 0 Å². The summed E-state index contributed by atoms with van der Waals surface area (Å²) in [6.45, 7) is 5.95. The van der Waals surface area contributed by atoms with Gasteiger partial charge in [-0.2, -0.15) is 16.8 Å². The number of nitrogens with one attached hydrogen (secondary N) is 2. The number of hydrogen-bond donors (Lipinski definition) is 2. The highest BCUT2D eigenvalue weighted by atomic mass is 32.2. The van der Waals surface area contributed by atoms with Gasteiger partial charge in [-0.05, 0) is 12.2 Å². The van der Waals surface area contributed by atoms with Crippen LogP contribution in [0.1, 0.15) is 12.8 Å². The lowest BCUT2D eigenvalue weighted by Crippen LogP contribution is -2.33. The van der Waals surface area contributed by atoms with Crippen molar-refractivity contribution in [2.24, 2.45) is 0 Å². The van der Waals surface area contributed by atoms with Gasteiger partial charge < -0.3 is 8.37 Å². The SMILES string of the molecule is C=CC(=O)NS(=O)(=O)OC(=O)CCC(=O)OS(=O)(=O)NC(=O)C=C. The van der Waals surface area contributed by atoms with Gasteiger partial charge in [-0.25, -0.2) is 9.44 Å². The van der Waals surface area contributed by atoms with Crippen LogP contribution in [-0.2, 0) is 48.2 Å². The van der Waals surface area contributed by atoms with Crippen LogP contribution in [0.4, 0.5) is 0 Å². The Bertz CT molecular complexity index is 699. The molecule has 2 N–H and O–H groups in total. The fraction of sp³-hybridized carbons (Fsp3) is 0.200. The summed E-state index contributed by atoms with van der Waals surface area (Å²) in [5.41, 5.74) is 0. The second-order valence-electron chi connectivity index (χ2n) is 3.66. The highest BCUT2D eigenvalue weighted by Crippen LogP contribution is 2.01.